The fourth-order valence-corrected chi connectivity index (χ4v) is 4.14. The number of hydrogen-bond acceptors (Lipinski definition) is 2. The van der Waals surface area contributed by atoms with Gasteiger partial charge in [-0.3, -0.25) is 0 Å². The molecule has 2 fully saturated rings. The minimum Gasteiger partial charge on any atom is -0.478 e. The van der Waals surface area contributed by atoms with Gasteiger partial charge in [0.1, 0.15) is 6.61 Å². The molecular formula is C22H32FeNOP+2. The van der Waals surface area contributed by atoms with Crippen LogP contribution in [0, 0.1) is 59.2 Å². The summed E-state index contributed by atoms with van der Waals surface area (Å²) < 4.78 is 5.68. The van der Waals surface area contributed by atoms with E-state index in [0.717, 1.165) is 12.5 Å². The van der Waals surface area contributed by atoms with Crippen molar-refractivity contribution >= 4 is 14.5 Å². The normalized spacial score (nSPS) is 29.2. The number of hydrogen-bond donors (Lipinski definition) is 0. The van der Waals surface area contributed by atoms with Crippen molar-refractivity contribution in [2.75, 3.05) is 6.61 Å². The van der Waals surface area contributed by atoms with Crippen molar-refractivity contribution in [3.8, 4) is 0 Å². The minimum absolute atomic E-state index is 0. The third-order valence-corrected chi connectivity index (χ3v) is 7.09. The van der Waals surface area contributed by atoms with Crippen LogP contribution in [-0.2, 0) is 21.8 Å². The third-order valence-electron chi connectivity index (χ3n) is 5.79. The van der Waals surface area contributed by atoms with Gasteiger partial charge in [-0.25, -0.2) is 4.99 Å². The number of nitrogens with zero attached hydrogens (tertiary/aromatic N) is 1. The Kier molecular flexibility index (Phi) is 9.66. The Balaban J connectivity index is 0.000000270. The zero-order valence-electron chi connectivity index (χ0n) is 17.6. The second-order valence-corrected chi connectivity index (χ2v) is 8.56. The van der Waals surface area contributed by atoms with Crippen molar-refractivity contribution in [2.24, 2.45) is 10.9 Å². The van der Waals surface area contributed by atoms with Gasteiger partial charge in [-0.2, -0.15) is 0 Å². The van der Waals surface area contributed by atoms with Crippen molar-refractivity contribution in [1.29, 1.82) is 0 Å². The fraction of sp³-hybridized carbons (Fsp3) is 0.545. The SMILES string of the molecule is C[C]1[CH][P][C](C2=N[C@@H](C(C)C)CO2)[C]1C.C[C]1[C](C)[C](C)[C](C)[C]1C.[Fe+2]. The molecule has 10 radical (unpaired) electrons. The van der Waals surface area contributed by atoms with E-state index in [-0.39, 0.29) is 17.1 Å². The predicted octanol–water partition coefficient (Wildman–Crippen LogP) is 6.25. The summed E-state index contributed by atoms with van der Waals surface area (Å²) in [6, 6.07) is 0.344. The standard InChI is InChI=1S/C12H17NOP.C10H15.Fe/c1-7(2)10-5-14-12(13-10)11-9(4)8(3)6-15-11;1-6-7(2)9(4)10(5)8(6)3;/h6-7,10H,5H2,1-4H3;1-5H3;/q;;+2/t10-;;/m1../s1. The van der Waals surface area contributed by atoms with Gasteiger partial charge >= 0.3 is 17.1 Å². The predicted molar refractivity (Wildman–Crippen MR) is 109 cm³/mol. The van der Waals surface area contributed by atoms with Gasteiger partial charge in [0.25, 0.3) is 0 Å². The Bertz CT molecular complexity index is 424. The average Bonchev–Trinajstić information content (AvgIpc) is 3.23. The van der Waals surface area contributed by atoms with Crippen molar-refractivity contribution in [1.82, 2.24) is 0 Å². The van der Waals surface area contributed by atoms with Crippen LogP contribution < -0.4 is 0 Å². The largest absolute Gasteiger partial charge is 2.00 e. The zero-order chi connectivity index (χ0) is 18.9. The number of ether oxygens (including phenoxy) is 1. The molecule has 3 aliphatic rings. The molecule has 0 spiro atoms. The maximum Gasteiger partial charge on any atom is 2.00 e. The smallest absolute Gasteiger partial charge is 0.478 e. The second kappa shape index (κ2) is 10.3. The van der Waals surface area contributed by atoms with Gasteiger partial charge in [0.2, 0.25) is 0 Å². The second-order valence-electron chi connectivity index (χ2n) is 7.60. The number of rotatable bonds is 2. The molecule has 2 heterocycles. The van der Waals surface area contributed by atoms with Crippen LogP contribution in [-0.4, -0.2) is 18.5 Å². The Morgan fingerprint density at radius 2 is 1.35 bits per heavy atom. The topological polar surface area (TPSA) is 21.6 Å². The van der Waals surface area contributed by atoms with Crippen molar-refractivity contribution in [2.45, 2.75) is 68.4 Å². The summed E-state index contributed by atoms with van der Waals surface area (Å²) in [6.45, 7) is 20.4. The fourth-order valence-electron chi connectivity index (χ4n) is 3.02. The summed E-state index contributed by atoms with van der Waals surface area (Å²) in [5, 5.41) is 0. The Morgan fingerprint density at radius 3 is 1.65 bits per heavy atom. The van der Waals surface area contributed by atoms with Gasteiger partial charge in [-0.1, -0.05) is 70.9 Å². The van der Waals surface area contributed by atoms with Gasteiger partial charge in [0.05, 0.1) is 11.7 Å². The summed E-state index contributed by atoms with van der Waals surface area (Å²) in [4.78, 5) is 4.65. The maximum atomic E-state index is 5.68. The van der Waals surface area contributed by atoms with E-state index >= 15 is 0 Å². The van der Waals surface area contributed by atoms with Gasteiger partial charge in [-0.15, -0.1) is 0 Å². The van der Waals surface area contributed by atoms with E-state index in [1.54, 1.807) is 0 Å². The molecule has 0 amide bonds. The molecule has 3 rings (SSSR count). The van der Waals surface area contributed by atoms with E-state index in [1.807, 2.05) is 0 Å². The summed E-state index contributed by atoms with van der Waals surface area (Å²) in [5.74, 6) is 11.5. The molecule has 1 saturated heterocycles. The van der Waals surface area contributed by atoms with E-state index in [1.165, 1.54) is 55.7 Å². The maximum absolute atomic E-state index is 5.68. The van der Waals surface area contributed by atoms with Crippen molar-refractivity contribution in [3.05, 3.63) is 53.2 Å². The Labute approximate surface area is 175 Å². The van der Waals surface area contributed by atoms with Crippen LogP contribution in [0.2, 0.25) is 0 Å². The molecule has 0 bridgehead atoms. The molecule has 0 aromatic rings. The quantitative estimate of drug-likeness (QED) is 0.387. The first-order valence-electron chi connectivity index (χ1n) is 9.14. The molecule has 0 aromatic carbocycles. The number of aliphatic imine (C=N–C) groups is 1. The Morgan fingerprint density at radius 1 is 0.885 bits per heavy atom. The van der Waals surface area contributed by atoms with E-state index in [2.05, 4.69) is 73.5 Å². The van der Waals surface area contributed by atoms with E-state index in [9.17, 15) is 0 Å². The summed E-state index contributed by atoms with van der Waals surface area (Å²) in [5.41, 5.74) is 1.26. The van der Waals surface area contributed by atoms with Crippen LogP contribution in [0.3, 0.4) is 0 Å². The third kappa shape index (κ3) is 5.27. The van der Waals surface area contributed by atoms with Crippen LogP contribution >= 0.6 is 8.58 Å². The van der Waals surface area contributed by atoms with Crippen LogP contribution in [0.1, 0.15) is 62.3 Å². The molecule has 26 heavy (non-hydrogen) atoms. The molecule has 1 saturated carbocycles. The van der Waals surface area contributed by atoms with Gasteiger partial charge < -0.3 is 4.74 Å². The van der Waals surface area contributed by atoms with Crippen LogP contribution in [0.4, 0.5) is 0 Å². The molecule has 0 unspecified atom stereocenters. The molecule has 4 heteroatoms. The van der Waals surface area contributed by atoms with Crippen molar-refractivity contribution in [3.63, 3.8) is 0 Å². The van der Waals surface area contributed by atoms with Gasteiger partial charge in [0.15, 0.2) is 5.90 Å². The first kappa shape index (κ1) is 24.5. The van der Waals surface area contributed by atoms with E-state index < -0.39 is 0 Å². The molecule has 142 valence electrons. The van der Waals surface area contributed by atoms with Crippen LogP contribution in [0.15, 0.2) is 4.99 Å². The van der Waals surface area contributed by atoms with Crippen molar-refractivity contribution < 1.29 is 21.8 Å². The molecule has 0 aromatic heterocycles. The van der Waals surface area contributed by atoms with E-state index in [4.69, 9.17) is 4.74 Å². The molecule has 2 nitrogen and oxygen atoms in total. The van der Waals surface area contributed by atoms with E-state index in [0.29, 0.717) is 12.0 Å². The molecule has 0 N–H and O–H groups in total. The molecular weight excluding hydrogens is 381 g/mol. The molecule has 2 aliphatic heterocycles. The molecule has 1 aliphatic carbocycles. The Hall–Kier alpha value is 0.419. The minimum atomic E-state index is 0. The average molecular weight is 413 g/mol. The first-order chi connectivity index (χ1) is 11.6. The van der Waals surface area contributed by atoms with Crippen LogP contribution in [0.25, 0.3) is 0 Å². The van der Waals surface area contributed by atoms with Crippen LogP contribution in [0.5, 0.6) is 0 Å². The first-order valence-corrected chi connectivity index (χ1v) is 10.1. The molecule has 1 atom stereocenters. The summed E-state index contributed by atoms with van der Waals surface area (Å²) in [7, 11) is 1.24. The summed E-state index contributed by atoms with van der Waals surface area (Å²) in [6.07, 6.45) is 2.22. The van der Waals surface area contributed by atoms with Gasteiger partial charge in [0, 0.05) is 5.92 Å². The summed E-state index contributed by atoms with van der Waals surface area (Å²) >= 11 is 0. The van der Waals surface area contributed by atoms with Gasteiger partial charge in [-0.05, 0) is 47.6 Å². The zero-order valence-corrected chi connectivity index (χ0v) is 19.6. The monoisotopic (exact) mass is 413 g/mol.